The summed E-state index contributed by atoms with van der Waals surface area (Å²) in [6.45, 7) is 9.10. The zero-order chi connectivity index (χ0) is 22.7. The topological polar surface area (TPSA) is 55.3 Å². The number of rotatable bonds is 7. The van der Waals surface area contributed by atoms with Crippen molar-refractivity contribution in [3.63, 3.8) is 0 Å². The molecule has 0 aliphatic heterocycles. The van der Waals surface area contributed by atoms with Gasteiger partial charge in [0.1, 0.15) is 11.3 Å². The summed E-state index contributed by atoms with van der Waals surface area (Å²) in [6, 6.07) is 15.9. The monoisotopic (exact) mass is 445 g/mol. The van der Waals surface area contributed by atoms with E-state index in [0.717, 1.165) is 38.4 Å². The minimum atomic E-state index is 0.00252. The summed E-state index contributed by atoms with van der Waals surface area (Å²) in [5, 5.41) is 0.658. The number of thiazole rings is 1. The van der Waals surface area contributed by atoms with Crippen molar-refractivity contribution in [3.8, 4) is 5.75 Å². The van der Waals surface area contributed by atoms with Crippen LogP contribution < -0.4 is 9.64 Å². The van der Waals surface area contributed by atoms with Gasteiger partial charge in [-0.3, -0.25) is 14.7 Å². The molecule has 4 rings (SSSR count). The number of amides is 1. The lowest BCUT2D eigenvalue weighted by Gasteiger charge is -2.21. The van der Waals surface area contributed by atoms with Crippen molar-refractivity contribution in [2.24, 2.45) is 0 Å². The molecule has 5 nitrogen and oxygen atoms in total. The van der Waals surface area contributed by atoms with Crippen molar-refractivity contribution in [2.45, 2.75) is 40.7 Å². The first-order valence-electron chi connectivity index (χ1n) is 10.8. The highest BCUT2D eigenvalue weighted by molar-refractivity contribution is 7.22. The molecule has 2 heterocycles. The molecule has 0 bridgehead atoms. The van der Waals surface area contributed by atoms with Crippen LogP contribution in [0.2, 0.25) is 0 Å². The third-order valence-corrected chi connectivity index (χ3v) is 6.46. The van der Waals surface area contributed by atoms with Gasteiger partial charge in [0, 0.05) is 6.20 Å². The van der Waals surface area contributed by atoms with Crippen LogP contribution in [-0.4, -0.2) is 22.5 Å². The van der Waals surface area contributed by atoms with Gasteiger partial charge in [0.05, 0.1) is 30.0 Å². The van der Waals surface area contributed by atoms with E-state index < -0.39 is 0 Å². The number of anilines is 1. The van der Waals surface area contributed by atoms with Crippen molar-refractivity contribution < 1.29 is 9.53 Å². The zero-order valence-electron chi connectivity index (χ0n) is 18.9. The lowest BCUT2D eigenvalue weighted by Crippen LogP contribution is -2.32. The fourth-order valence-electron chi connectivity index (χ4n) is 3.95. The maximum Gasteiger partial charge on any atom is 0.233 e. The highest BCUT2D eigenvalue weighted by Gasteiger charge is 2.23. The third-order valence-electron chi connectivity index (χ3n) is 5.42. The summed E-state index contributed by atoms with van der Waals surface area (Å²) in [6.07, 6.45) is 2.07. The summed E-state index contributed by atoms with van der Waals surface area (Å²) in [7, 11) is 0. The fraction of sp³-hybridized carbons (Fsp3) is 0.269. The molecule has 6 heteroatoms. The minimum absolute atomic E-state index is 0.00252. The van der Waals surface area contributed by atoms with E-state index in [1.165, 1.54) is 16.9 Å². The number of hydrogen-bond donors (Lipinski definition) is 0. The van der Waals surface area contributed by atoms with Crippen LogP contribution in [0.25, 0.3) is 10.2 Å². The van der Waals surface area contributed by atoms with Gasteiger partial charge < -0.3 is 4.74 Å². The SMILES string of the molecule is CCOc1cccc2sc(N(Cc3ccccn3)C(=O)Cc3c(C)cc(C)cc3C)nc12. The molecule has 0 radical (unpaired) electrons. The number of aromatic nitrogens is 2. The Bertz CT molecular complexity index is 1230. The van der Waals surface area contributed by atoms with Crippen LogP contribution in [0.5, 0.6) is 5.75 Å². The van der Waals surface area contributed by atoms with Crippen molar-refractivity contribution in [2.75, 3.05) is 11.5 Å². The molecule has 0 unspecified atom stereocenters. The highest BCUT2D eigenvalue weighted by Crippen LogP contribution is 2.35. The molecule has 32 heavy (non-hydrogen) atoms. The first kappa shape index (κ1) is 22.0. The molecule has 2 aromatic carbocycles. The van der Waals surface area contributed by atoms with Gasteiger partial charge >= 0.3 is 0 Å². The molecule has 0 aliphatic carbocycles. The molecule has 0 saturated carbocycles. The summed E-state index contributed by atoms with van der Waals surface area (Å²) >= 11 is 1.50. The average Bonchev–Trinajstić information content (AvgIpc) is 3.20. The van der Waals surface area contributed by atoms with E-state index in [1.54, 1.807) is 11.1 Å². The molecule has 4 aromatic rings. The maximum atomic E-state index is 13.6. The van der Waals surface area contributed by atoms with Gasteiger partial charge in [-0.1, -0.05) is 41.2 Å². The van der Waals surface area contributed by atoms with E-state index in [9.17, 15) is 4.79 Å². The fourth-order valence-corrected chi connectivity index (χ4v) is 4.95. The summed E-state index contributed by atoms with van der Waals surface area (Å²) in [4.78, 5) is 24.6. The first-order valence-corrected chi connectivity index (χ1v) is 11.6. The number of carbonyl (C=O) groups excluding carboxylic acids is 1. The molecular weight excluding hydrogens is 418 g/mol. The summed E-state index contributed by atoms with van der Waals surface area (Å²) in [5.74, 6) is 0.741. The van der Waals surface area contributed by atoms with E-state index in [1.807, 2.05) is 43.3 Å². The molecule has 1 amide bonds. The van der Waals surface area contributed by atoms with Gasteiger partial charge in [0.25, 0.3) is 0 Å². The number of fused-ring (bicyclic) bond motifs is 1. The minimum Gasteiger partial charge on any atom is -0.492 e. The van der Waals surface area contributed by atoms with Gasteiger partial charge in [-0.25, -0.2) is 4.98 Å². The Labute approximate surface area is 192 Å². The number of para-hydroxylation sites is 1. The standard InChI is InChI=1S/C26H27N3O2S/c1-5-31-22-10-8-11-23-25(22)28-26(32-23)29(16-20-9-6-7-12-27-20)24(30)15-21-18(3)13-17(2)14-19(21)4/h6-14H,5,15-16H2,1-4H3. The average molecular weight is 446 g/mol. The lowest BCUT2D eigenvalue weighted by molar-refractivity contribution is -0.118. The quantitative estimate of drug-likeness (QED) is 0.361. The van der Waals surface area contributed by atoms with Gasteiger partial charge in [0.15, 0.2) is 5.13 Å². The largest absolute Gasteiger partial charge is 0.492 e. The lowest BCUT2D eigenvalue weighted by atomic mass is 9.97. The predicted octanol–water partition coefficient (Wildman–Crippen LogP) is 5.79. The van der Waals surface area contributed by atoms with Crippen LogP contribution >= 0.6 is 11.3 Å². The number of nitrogens with zero attached hydrogens (tertiary/aromatic N) is 3. The smallest absolute Gasteiger partial charge is 0.233 e. The van der Waals surface area contributed by atoms with Crippen molar-refractivity contribution in [1.82, 2.24) is 9.97 Å². The Morgan fingerprint density at radius 1 is 1.06 bits per heavy atom. The van der Waals surface area contributed by atoms with Crippen LogP contribution in [0, 0.1) is 20.8 Å². The van der Waals surface area contributed by atoms with Crippen LogP contribution in [0.3, 0.4) is 0 Å². The Hall–Kier alpha value is -3.25. The van der Waals surface area contributed by atoms with Crippen LogP contribution in [0.15, 0.2) is 54.7 Å². The molecule has 0 aliphatic rings. The molecule has 0 saturated heterocycles. The van der Waals surface area contributed by atoms with Gasteiger partial charge in [-0.05, 0) is 68.7 Å². The molecular formula is C26H27N3O2S. The Morgan fingerprint density at radius 3 is 2.53 bits per heavy atom. The van der Waals surface area contributed by atoms with Gasteiger partial charge in [0.2, 0.25) is 5.91 Å². The van der Waals surface area contributed by atoms with E-state index in [4.69, 9.17) is 9.72 Å². The summed E-state index contributed by atoms with van der Waals surface area (Å²) < 4.78 is 6.75. The van der Waals surface area contributed by atoms with Gasteiger partial charge in [-0.2, -0.15) is 0 Å². The molecule has 0 spiro atoms. The van der Waals surface area contributed by atoms with Crippen molar-refractivity contribution in [3.05, 3.63) is 82.7 Å². The molecule has 0 fully saturated rings. The molecule has 2 aromatic heterocycles. The number of hydrogen-bond acceptors (Lipinski definition) is 5. The Balaban J connectivity index is 1.73. The maximum absolute atomic E-state index is 13.6. The summed E-state index contributed by atoms with van der Waals surface area (Å²) in [5.41, 5.74) is 6.16. The molecule has 0 atom stereocenters. The Morgan fingerprint density at radius 2 is 1.84 bits per heavy atom. The second-order valence-corrected chi connectivity index (χ2v) is 8.90. The number of ether oxygens (including phenoxy) is 1. The van der Waals surface area contributed by atoms with E-state index in [0.29, 0.717) is 24.7 Å². The number of pyridine rings is 1. The number of aryl methyl sites for hydroxylation is 3. The second-order valence-electron chi connectivity index (χ2n) is 7.89. The normalized spacial score (nSPS) is 11.0. The van der Waals surface area contributed by atoms with Crippen LogP contribution in [-0.2, 0) is 17.8 Å². The molecule has 0 N–H and O–H groups in total. The van der Waals surface area contributed by atoms with E-state index in [2.05, 4.69) is 37.9 Å². The van der Waals surface area contributed by atoms with Crippen LogP contribution in [0.4, 0.5) is 5.13 Å². The number of benzene rings is 2. The molecule has 164 valence electrons. The number of carbonyl (C=O) groups is 1. The van der Waals surface area contributed by atoms with Crippen molar-refractivity contribution >= 4 is 32.6 Å². The van der Waals surface area contributed by atoms with E-state index >= 15 is 0 Å². The third kappa shape index (κ3) is 4.65. The van der Waals surface area contributed by atoms with Gasteiger partial charge in [-0.15, -0.1) is 0 Å². The zero-order valence-corrected chi connectivity index (χ0v) is 19.7. The predicted molar refractivity (Wildman–Crippen MR) is 131 cm³/mol. The van der Waals surface area contributed by atoms with Crippen LogP contribution in [0.1, 0.15) is 34.9 Å². The highest BCUT2D eigenvalue weighted by atomic mass is 32.1. The van der Waals surface area contributed by atoms with E-state index in [-0.39, 0.29) is 5.91 Å². The van der Waals surface area contributed by atoms with Crippen molar-refractivity contribution in [1.29, 1.82) is 0 Å². The Kier molecular flexibility index (Phi) is 6.51. The first-order chi connectivity index (χ1) is 15.5. The second kappa shape index (κ2) is 9.49.